The first-order valence-electron chi connectivity index (χ1n) is 8.20. The average Bonchev–Trinajstić information content (AvgIpc) is 2.63. The molecule has 5 heteroatoms. The lowest BCUT2D eigenvalue weighted by atomic mass is 10.1. The highest BCUT2D eigenvalue weighted by molar-refractivity contribution is 9.10. The van der Waals surface area contributed by atoms with E-state index in [1.165, 1.54) is 0 Å². The second-order valence-corrected chi connectivity index (χ2v) is 6.88. The van der Waals surface area contributed by atoms with Crippen molar-refractivity contribution in [2.45, 2.75) is 13.0 Å². The summed E-state index contributed by atoms with van der Waals surface area (Å²) in [4.78, 5) is 18.7. The van der Waals surface area contributed by atoms with E-state index in [1.54, 1.807) is 6.20 Å². The molecule has 0 aliphatic carbocycles. The van der Waals surface area contributed by atoms with Gasteiger partial charge in [-0.15, -0.1) is 0 Å². The van der Waals surface area contributed by atoms with Crippen LogP contribution in [0.2, 0.25) is 0 Å². The molecule has 0 bridgehead atoms. The summed E-state index contributed by atoms with van der Waals surface area (Å²) < 4.78 is 1.03. The smallest absolute Gasteiger partial charge is 0.227 e. The van der Waals surface area contributed by atoms with Crippen LogP contribution in [-0.4, -0.2) is 28.9 Å². The molecule has 4 nitrogen and oxygen atoms in total. The Balaban J connectivity index is 1.73. The molecule has 0 radical (unpaired) electrons. The van der Waals surface area contributed by atoms with Crippen LogP contribution in [0.5, 0.6) is 0 Å². The van der Waals surface area contributed by atoms with Crippen molar-refractivity contribution >= 4 is 32.6 Å². The number of nitrogens with two attached hydrogens (primary N) is 1. The van der Waals surface area contributed by atoms with Crippen LogP contribution in [0.15, 0.2) is 65.4 Å². The van der Waals surface area contributed by atoms with Crippen molar-refractivity contribution in [1.29, 1.82) is 0 Å². The summed E-state index contributed by atoms with van der Waals surface area (Å²) in [7, 11) is 0. The minimum Gasteiger partial charge on any atom is -0.337 e. The number of carbonyl (C=O) groups excluding carboxylic acids is 1. The van der Waals surface area contributed by atoms with Crippen LogP contribution in [-0.2, 0) is 17.8 Å². The molecule has 25 heavy (non-hydrogen) atoms. The average molecular weight is 398 g/mol. The fraction of sp³-hybridized carbons (Fsp3) is 0.200. The minimum absolute atomic E-state index is 0.0850. The first-order valence-corrected chi connectivity index (χ1v) is 9.00. The van der Waals surface area contributed by atoms with Gasteiger partial charge in [0, 0.05) is 41.9 Å². The lowest BCUT2D eigenvalue weighted by Gasteiger charge is -2.22. The first kappa shape index (κ1) is 17.6. The molecular weight excluding hydrogens is 378 g/mol. The normalized spacial score (nSPS) is 10.8. The molecule has 3 aromatic rings. The Labute approximate surface area is 155 Å². The summed E-state index contributed by atoms with van der Waals surface area (Å²) in [5.41, 5.74) is 7.80. The molecule has 0 aliphatic heterocycles. The summed E-state index contributed by atoms with van der Waals surface area (Å²) in [6.45, 7) is 1.57. The Morgan fingerprint density at radius 2 is 1.80 bits per heavy atom. The van der Waals surface area contributed by atoms with Gasteiger partial charge in [0.15, 0.2) is 0 Å². The second kappa shape index (κ2) is 8.23. The molecular formula is C20H20BrN3O. The standard InChI is InChI=1S/C20H20BrN3O/c21-19-5-2-15(3-6-19)14-24(10-8-22)20(25)12-16-1-4-18-13-23-9-7-17(18)11-16/h1-7,9,11,13H,8,10,12,14,22H2. The van der Waals surface area contributed by atoms with Gasteiger partial charge >= 0.3 is 0 Å². The van der Waals surface area contributed by atoms with Gasteiger partial charge in [-0.1, -0.05) is 46.3 Å². The molecule has 0 spiro atoms. The summed E-state index contributed by atoms with van der Waals surface area (Å²) in [6.07, 6.45) is 3.96. The zero-order valence-electron chi connectivity index (χ0n) is 13.9. The maximum atomic E-state index is 12.8. The zero-order valence-corrected chi connectivity index (χ0v) is 15.4. The van der Waals surface area contributed by atoms with Crippen LogP contribution >= 0.6 is 15.9 Å². The van der Waals surface area contributed by atoms with Crippen LogP contribution in [0.4, 0.5) is 0 Å². The molecule has 1 heterocycles. The molecule has 0 fully saturated rings. The van der Waals surface area contributed by atoms with Gasteiger partial charge in [-0.05, 0) is 34.7 Å². The molecule has 0 saturated heterocycles. The van der Waals surface area contributed by atoms with Gasteiger partial charge < -0.3 is 10.6 Å². The largest absolute Gasteiger partial charge is 0.337 e. The van der Waals surface area contributed by atoms with Gasteiger partial charge in [0.2, 0.25) is 5.91 Å². The van der Waals surface area contributed by atoms with Crippen molar-refractivity contribution in [3.63, 3.8) is 0 Å². The topological polar surface area (TPSA) is 59.2 Å². The maximum absolute atomic E-state index is 12.8. The number of carbonyl (C=O) groups is 1. The van der Waals surface area contributed by atoms with Gasteiger partial charge in [-0.2, -0.15) is 0 Å². The maximum Gasteiger partial charge on any atom is 0.227 e. The number of fused-ring (bicyclic) bond motifs is 1. The highest BCUT2D eigenvalue weighted by atomic mass is 79.9. The molecule has 128 valence electrons. The van der Waals surface area contributed by atoms with Crippen molar-refractivity contribution in [1.82, 2.24) is 9.88 Å². The second-order valence-electron chi connectivity index (χ2n) is 5.96. The van der Waals surface area contributed by atoms with Gasteiger partial charge in [0.1, 0.15) is 0 Å². The van der Waals surface area contributed by atoms with E-state index in [4.69, 9.17) is 5.73 Å². The SMILES string of the molecule is NCCN(Cc1ccc(Br)cc1)C(=O)Cc1ccc2cnccc2c1. The molecule has 2 aromatic carbocycles. The van der Waals surface area contributed by atoms with E-state index in [2.05, 4.69) is 27.0 Å². The van der Waals surface area contributed by atoms with Crippen molar-refractivity contribution in [3.05, 3.63) is 76.5 Å². The number of pyridine rings is 1. The Kier molecular flexibility index (Phi) is 5.79. The van der Waals surface area contributed by atoms with E-state index in [-0.39, 0.29) is 5.91 Å². The van der Waals surface area contributed by atoms with Crippen molar-refractivity contribution in [3.8, 4) is 0 Å². The van der Waals surface area contributed by atoms with Crippen LogP contribution in [0, 0.1) is 0 Å². The zero-order chi connectivity index (χ0) is 17.6. The molecule has 3 rings (SSSR count). The van der Waals surface area contributed by atoms with E-state index < -0.39 is 0 Å². The molecule has 1 aromatic heterocycles. The highest BCUT2D eigenvalue weighted by Crippen LogP contribution is 2.17. The Morgan fingerprint density at radius 3 is 2.56 bits per heavy atom. The van der Waals surface area contributed by atoms with Crippen LogP contribution < -0.4 is 5.73 Å². The van der Waals surface area contributed by atoms with E-state index in [0.29, 0.717) is 26.1 Å². The highest BCUT2D eigenvalue weighted by Gasteiger charge is 2.14. The number of halogens is 1. The monoisotopic (exact) mass is 397 g/mol. The summed E-state index contributed by atoms with van der Waals surface area (Å²) in [6, 6.07) is 16.0. The third-order valence-electron chi connectivity index (χ3n) is 4.10. The van der Waals surface area contributed by atoms with Gasteiger partial charge in [0.05, 0.1) is 6.42 Å². The van der Waals surface area contributed by atoms with Crippen molar-refractivity contribution in [2.24, 2.45) is 5.73 Å². The number of aromatic nitrogens is 1. The number of benzene rings is 2. The number of hydrogen-bond acceptors (Lipinski definition) is 3. The predicted octanol–water partition coefficient (Wildman–Crippen LogP) is 3.53. The summed E-state index contributed by atoms with van der Waals surface area (Å²) in [5.74, 6) is 0.0850. The quantitative estimate of drug-likeness (QED) is 0.691. The van der Waals surface area contributed by atoms with Crippen LogP contribution in [0.25, 0.3) is 10.8 Å². The molecule has 1 amide bonds. The number of hydrogen-bond donors (Lipinski definition) is 1. The summed E-state index contributed by atoms with van der Waals surface area (Å²) >= 11 is 3.43. The fourth-order valence-corrected chi connectivity index (χ4v) is 3.05. The molecule has 0 atom stereocenters. The molecule has 0 saturated carbocycles. The Morgan fingerprint density at radius 1 is 1.04 bits per heavy atom. The number of nitrogens with zero attached hydrogens (tertiary/aromatic N) is 2. The number of rotatable bonds is 6. The third kappa shape index (κ3) is 4.65. The number of amides is 1. The molecule has 2 N–H and O–H groups in total. The Hall–Kier alpha value is -2.24. The lowest BCUT2D eigenvalue weighted by Crippen LogP contribution is -2.35. The molecule has 0 aliphatic rings. The summed E-state index contributed by atoms with van der Waals surface area (Å²) in [5, 5.41) is 2.17. The predicted molar refractivity (Wildman–Crippen MR) is 104 cm³/mol. The fourth-order valence-electron chi connectivity index (χ4n) is 2.79. The van der Waals surface area contributed by atoms with Gasteiger partial charge in [0.25, 0.3) is 0 Å². The third-order valence-corrected chi connectivity index (χ3v) is 4.63. The minimum atomic E-state index is 0.0850. The first-order chi connectivity index (χ1) is 12.2. The lowest BCUT2D eigenvalue weighted by molar-refractivity contribution is -0.131. The van der Waals surface area contributed by atoms with E-state index >= 15 is 0 Å². The van der Waals surface area contributed by atoms with E-state index in [0.717, 1.165) is 26.4 Å². The van der Waals surface area contributed by atoms with Crippen molar-refractivity contribution < 1.29 is 4.79 Å². The van der Waals surface area contributed by atoms with Gasteiger partial charge in [-0.25, -0.2) is 0 Å². The van der Waals surface area contributed by atoms with E-state index in [9.17, 15) is 4.79 Å². The van der Waals surface area contributed by atoms with E-state index in [1.807, 2.05) is 53.6 Å². The Bertz CT molecular complexity index is 864. The van der Waals surface area contributed by atoms with Gasteiger partial charge in [-0.3, -0.25) is 9.78 Å². The van der Waals surface area contributed by atoms with Crippen LogP contribution in [0.1, 0.15) is 11.1 Å². The molecule has 0 unspecified atom stereocenters. The van der Waals surface area contributed by atoms with Crippen molar-refractivity contribution in [2.75, 3.05) is 13.1 Å². The van der Waals surface area contributed by atoms with Crippen LogP contribution in [0.3, 0.4) is 0 Å².